The molecule has 0 aliphatic carbocycles. The molecule has 0 N–H and O–H groups in total. The number of rotatable bonds is 7. The summed E-state index contributed by atoms with van der Waals surface area (Å²) in [5.41, 5.74) is 6.91. The maximum atomic E-state index is 3.78. The zero-order chi connectivity index (χ0) is 21.8. The molecule has 1 aliphatic rings. The van der Waals surface area contributed by atoms with Crippen molar-refractivity contribution in [3.8, 4) is 0 Å². The van der Waals surface area contributed by atoms with Crippen LogP contribution in [-0.2, 0) is 13.0 Å². The average Bonchev–Trinajstić information content (AvgIpc) is 3.16. The molecule has 0 saturated heterocycles. The second-order valence-corrected chi connectivity index (χ2v) is 9.26. The smallest absolute Gasteiger partial charge is 0.132 e. The quantitative estimate of drug-likeness (QED) is 0.314. The monoisotopic (exact) mass is 410 g/mol. The van der Waals surface area contributed by atoms with E-state index in [2.05, 4.69) is 122 Å². The minimum Gasteiger partial charge on any atom is -0.391 e. The van der Waals surface area contributed by atoms with Crippen molar-refractivity contribution in [2.24, 2.45) is 0 Å². The minimum absolute atomic E-state index is 0.392. The lowest BCUT2D eigenvalue weighted by molar-refractivity contribution is -0.429. The van der Waals surface area contributed by atoms with Crippen LogP contribution in [0.15, 0.2) is 78.9 Å². The normalized spacial score (nSPS) is 16.3. The molecule has 3 aromatic rings. The molecule has 0 aromatic heterocycles. The van der Waals surface area contributed by atoms with Crippen LogP contribution < -0.4 is 0 Å². The number of benzene rings is 3. The fourth-order valence-corrected chi connectivity index (χ4v) is 4.56. The first-order chi connectivity index (χ1) is 15.0. The largest absolute Gasteiger partial charge is 0.391 e. The summed E-state index contributed by atoms with van der Waals surface area (Å²) in [5.74, 6) is 0.956. The zero-order valence-corrected chi connectivity index (χ0v) is 19.3. The third-order valence-electron chi connectivity index (χ3n) is 6.21. The van der Waals surface area contributed by atoms with Crippen molar-refractivity contribution in [2.75, 3.05) is 6.54 Å². The Labute approximate surface area is 187 Å². The highest BCUT2D eigenvalue weighted by atomic mass is 15.3. The Morgan fingerprint density at radius 2 is 1.32 bits per heavy atom. The molecule has 31 heavy (non-hydrogen) atoms. The van der Waals surface area contributed by atoms with Gasteiger partial charge in [-0.2, -0.15) is 0 Å². The lowest BCUT2D eigenvalue weighted by Gasteiger charge is -2.26. The fourth-order valence-electron chi connectivity index (χ4n) is 4.56. The Bertz CT molecular complexity index is 993. The molecule has 2 nitrogen and oxygen atoms in total. The molecule has 0 amide bonds. The fraction of sp³-hybridized carbons (Fsp3) is 0.345. The molecule has 0 saturated carbocycles. The van der Waals surface area contributed by atoms with E-state index >= 15 is 0 Å². The zero-order valence-electron chi connectivity index (χ0n) is 19.3. The summed E-state index contributed by atoms with van der Waals surface area (Å²) in [5, 5.41) is 0. The molecule has 0 spiro atoms. The summed E-state index contributed by atoms with van der Waals surface area (Å²) >= 11 is 0. The van der Waals surface area contributed by atoms with Gasteiger partial charge in [0.25, 0.3) is 0 Å². The van der Waals surface area contributed by atoms with E-state index in [-0.39, 0.29) is 0 Å². The Hall–Kier alpha value is -2.87. The third-order valence-corrected chi connectivity index (χ3v) is 6.21. The van der Waals surface area contributed by atoms with E-state index in [1.54, 1.807) is 0 Å². The number of hydrogen-bond acceptors (Lipinski definition) is 1. The van der Waals surface area contributed by atoms with Crippen LogP contribution in [-0.4, -0.2) is 28.4 Å². The van der Waals surface area contributed by atoms with E-state index in [0.29, 0.717) is 17.9 Å². The van der Waals surface area contributed by atoms with E-state index in [0.717, 1.165) is 19.5 Å². The van der Waals surface area contributed by atoms with Gasteiger partial charge in [-0.15, -0.1) is 0 Å². The summed E-state index contributed by atoms with van der Waals surface area (Å²) in [6, 6.07) is 28.8. The first-order valence-corrected chi connectivity index (χ1v) is 11.5. The Morgan fingerprint density at radius 1 is 0.774 bits per heavy atom. The Balaban J connectivity index is 1.72. The summed E-state index contributed by atoms with van der Waals surface area (Å²) in [7, 11) is 0. The van der Waals surface area contributed by atoms with Gasteiger partial charge in [-0.05, 0) is 28.7 Å². The van der Waals surface area contributed by atoms with Gasteiger partial charge >= 0.3 is 0 Å². The highest BCUT2D eigenvalue weighted by Crippen LogP contribution is 2.36. The second kappa shape index (κ2) is 9.51. The summed E-state index contributed by atoms with van der Waals surface area (Å²) in [4.78, 5) is 2.42. The molecule has 1 atom stereocenters. The summed E-state index contributed by atoms with van der Waals surface area (Å²) in [6.07, 6.45) is 4.81. The van der Waals surface area contributed by atoms with E-state index in [4.69, 9.17) is 0 Å². The number of hydrogen-bond donors (Lipinski definition) is 0. The van der Waals surface area contributed by atoms with Crippen molar-refractivity contribution in [3.05, 3.63) is 101 Å². The minimum atomic E-state index is 0.392. The van der Waals surface area contributed by atoms with Crippen LogP contribution >= 0.6 is 0 Å². The lowest BCUT2D eigenvalue weighted by Crippen LogP contribution is -2.33. The van der Waals surface area contributed by atoms with Crippen molar-refractivity contribution in [1.82, 2.24) is 4.90 Å². The predicted molar refractivity (Wildman–Crippen MR) is 130 cm³/mol. The van der Waals surface area contributed by atoms with Crippen LogP contribution in [0.4, 0.5) is 5.69 Å². The van der Waals surface area contributed by atoms with Crippen LogP contribution in [0.1, 0.15) is 61.8 Å². The molecule has 1 aliphatic heterocycles. The SMILES string of the molecule is CC(C)c1cccc(C(C)C)c1[N+]1=[C-]N(Cc2ccccc2)[C@@H](Cc2ccccc2)C1. The van der Waals surface area contributed by atoms with Crippen molar-refractivity contribution < 1.29 is 4.58 Å². The lowest BCUT2D eigenvalue weighted by atomic mass is 9.92. The van der Waals surface area contributed by atoms with Gasteiger partial charge in [0.2, 0.25) is 0 Å². The maximum Gasteiger partial charge on any atom is 0.132 e. The predicted octanol–water partition coefficient (Wildman–Crippen LogP) is 6.61. The van der Waals surface area contributed by atoms with Crippen LogP contribution in [0, 0.1) is 0 Å². The van der Waals surface area contributed by atoms with Crippen molar-refractivity contribution in [3.63, 3.8) is 0 Å². The van der Waals surface area contributed by atoms with Crippen molar-refractivity contribution in [2.45, 2.75) is 58.5 Å². The van der Waals surface area contributed by atoms with Gasteiger partial charge in [0, 0.05) is 6.42 Å². The molecule has 0 bridgehead atoms. The van der Waals surface area contributed by atoms with Gasteiger partial charge in [-0.1, -0.05) is 118 Å². The molecule has 0 fully saturated rings. The van der Waals surface area contributed by atoms with Gasteiger partial charge in [-0.25, -0.2) is 0 Å². The molecular weight excluding hydrogens is 376 g/mol. The molecule has 1 heterocycles. The highest BCUT2D eigenvalue weighted by Gasteiger charge is 2.29. The molecule has 0 radical (unpaired) electrons. The number of nitrogens with zero attached hydrogens (tertiary/aromatic N) is 2. The highest BCUT2D eigenvalue weighted by molar-refractivity contribution is 5.59. The van der Waals surface area contributed by atoms with E-state index in [9.17, 15) is 0 Å². The van der Waals surface area contributed by atoms with Crippen LogP contribution in [0.5, 0.6) is 0 Å². The average molecular weight is 411 g/mol. The molecule has 3 aromatic carbocycles. The van der Waals surface area contributed by atoms with Crippen molar-refractivity contribution in [1.29, 1.82) is 0 Å². The van der Waals surface area contributed by atoms with Crippen molar-refractivity contribution >= 4 is 12.0 Å². The van der Waals surface area contributed by atoms with E-state index < -0.39 is 0 Å². The first-order valence-electron chi connectivity index (χ1n) is 11.5. The van der Waals surface area contributed by atoms with Gasteiger partial charge in [-0.3, -0.25) is 0 Å². The van der Waals surface area contributed by atoms with Crippen LogP contribution in [0.25, 0.3) is 0 Å². The first kappa shape index (κ1) is 21.4. The van der Waals surface area contributed by atoms with Gasteiger partial charge in [0.1, 0.15) is 12.4 Å². The van der Waals surface area contributed by atoms with Gasteiger partial charge < -0.3 is 9.48 Å². The third kappa shape index (κ3) is 4.90. The van der Waals surface area contributed by atoms with Crippen LogP contribution in [0.3, 0.4) is 0 Å². The molecule has 2 heteroatoms. The maximum absolute atomic E-state index is 3.78. The standard InChI is InChI=1S/C29H34N2/c1-22(2)27-16-11-17-28(23(3)4)29(27)31-20-26(18-24-12-7-5-8-13-24)30(21-31)19-25-14-9-6-10-15-25/h5-17,22-23,26H,18-20H2,1-4H3/t26-/m0/s1. The molecule has 160 valence electrons. The molecule has 4 rings (SSSR count). The molecular formula is C29H34N2. The molecule has 0 unspecified atom stereocenters. The number of para-hydroxylation sites is 1. The van der Waals surface area contributed by atoms with Gasteiger partial charge in [0.05, 0.1) is 13.1 Å². The summed E-state index contributed by atoms with van der Waals surface area (Å²) in [6.45, 7) is 11.0. The summed E-state index contributed by atoms with van der Waals surface area (Å²) < 4.78 is 2.40. The Kier molecular flexibility index (Phi) is 6.56. The van der Waals surface area contributed by atoms with Gasteiger partial charge in [0.15, 0.2) is 0 Å². The topological polar surface area (TPSA) is 6.25 Å². The second-order valence-electron chi connectivity index (χ2n) is 9.26. The van der Waals surface area contributed by atoms with Crippen LogP contribution in [0.2, 0.25) is 0 Å². The van der Waals surface area contributed by atoms with E-state index in [1.807, 2.05) is 0 Å². The Morgan fingerprint density at radius 3 is 1.87 bits per heavy atom. The van der Waals surface area contributed by atoms with E-state index in [1.165, 1.54) is 27.9 Å².